The van der Waals surface area contributed by atoms with Gasteiger partial charge < -0.3 is 75.1 Å². The molecule has 1 aliphatic rings. The molecule has 11 N–H and O–H groups in total. The molecule has 18 nitrogen and oxygen atoms in total. The van der Waals surface area contributed by atoms with Gasteiger partial charge in [-0.05, 0) is 36.4 Å². The van der Waals surface area contributed by atoms with Crippen molar-refractivity contribution in [2.24, 2.45) is 0 Å². The first kappa shape index (κ1) is 32.1. The van der Waals surface area contributed by atoms with Crippen LogP contribution in [-0.4, -0.2) is 111 Å². The Balaban J connectivity index is 1.59. The van der Waals surface area contributed by atoms with Gasteiger partial charge >= 0.3 is 17.9 Å². The zero-order valence-electron chi connectivity index (χ0n) is 22.3. The first-order valence-corrected chi connectivity index (χ1v) is 12.4. The van der Waals surface area contributed by atoms with Gasteiger partial charge in [0.2, 0.25) is 6.29 Å². The van der Waals surface area contributed by atoms with E-state index in [1.165, 1.54) is 0 Å². The molecule has 0 amide bonds. The molecule has 4 rings (SSSR count). The molecule has 0 bridgehead atoms. The molecule has 1 unspecified atom stereocenters. The average Bonchev–Trinajstić information content (AvgIpc) is 2.99. The Morgan fingerprint density at radius 1 is 0.556 bits per heavy atom. The van der Waals surface area contributed by atoms with E-state index in [0.717, 1.165) is 12.1 Å². The van der Waals surface area contributed by atoms with E-state index in [2.05, 4.69) is 0 Å². The summed E-state index contributed by atoms with van der Waals surface area (Å²) in [5, 5.41) is 108. The largest absolute Gasteiger partial charge is 0.504 e. The van der Waals surface area contributed by atoms with Crippen LogP contribution in [0, 0.1) is 0 Å². The number of rotatable bonds is 7. The van der Waals surface area contributed by atoms with Gasteiger partial charge in [0.05, 0.1) is 16.7 Å². The summed E-state index contributed by atoms with van der Waals surface area (Å²) in [5.74, 6) is -12.4. The highest BCUT2D eigenvalue weighted by molar-refractivity contribution is 5.92. The lowest BCUT2D eigenvalue weighted by atomic mass is 9.99. The van der Waals surface area contributed by atoms with E-state index in [0.29, 0.717) is 24.3 Å². The van der Waals surface area contributed by atoms with E-state index in [9.17, 15) is 70.6 Å². The van der Waals surface area contributed by atoms with Crippen LogP contribution in [0.2, 0.25) is 0 Å². The normalized spacial score (nSPS) is 21.1. The van der Waals surface area contributed by atoms with E-state index >= 15 is 0 Å². The van der Waals surface area contributed by atoms with Crippen LogP contribution in [0.3, 0.4) is 0 Å². The molecule has 0 aromatic heterocycles. The maximum atomic E-state index is 12.9. The number of aliphatic hydroxyl groups is 2. The average molecular weight is 636 g/mol. The molecule has 45 heavy (non-hydrogen) atoms. The molecule has 3 aromatic carbocycles. The van der Waals surface area contributed by atoms with Crippen LogP contribution >= 0.6 is 0 Å². The Bertz CT molecular complexity index is 1580. The van der Waals surface area contributed by atoms with E-state index in [1.54, 1.807) is 0 Å². The molecular weight excluding hydrogens is 612 g/mol. The lowest BCUT2D eigenvalue weighted by Crippen LogP contribution is -2.61. The molecular formula is C27H24O18. The van der Waals surface area contributed by atoms with Gasteiger partial charge in [-0.25, -0.2) is 14.4 Å². The predicted octanol–water partition coefficient (Wildman–Crippen LogP) is -0.277. The molecule has 1 aliphatic heterocycles. The van der Waals surface area contributed by atoms with Crippen LogP contribution < -0.4 is 0 Å². The predicted molar refractivity (Wildman–Crippen MR) is 140 cm³/mol. The molecule has 18 heteroatoms. The second-order valence-electron chi connectivity index (χ2n) is 9.49. The standard InChI is InChI=1S/C27H24O18/c28-11-1-8(2-12(29)18(11)34)24(39)42-7-17-21(37)22(38)23(44-25(40)9-3-13(30)19(35)14(31)4-9)27(43-17)45-26(41)10-5-15(32)20(36)16(33)6-10/h1-6,17,21-23,27-38H,7H2/t17-,21-,22+,23-,27?/m1/s1. The highest BCUT2D eigenvalue weighted by atomic mass is 16.7. The molecule has 5 atom stereocenters. The van der Waals surface area contributed by atoms with Crippen LogP contribution in [0.25, 0.3) is 0 Å². The molecule has 240 valence electrons. The fraction of sp³-hybridized carbons (Fsp3) is 0.222. The lowest BCUT2D eigenvalue weighted by Gasteiger charge is -2.41. The summed E-state index contributed by atoms with van der Waals surface area (Å²) < 4.78 is 20.7. The highest BCUT2D eigenvalue weighted by Gasteiger charge is 2.49. The number of hydrogen-bond acceptors (Lipinski definition) is 18. The Morgan fingerprint density at radius 3 is 1.31 bits per heavy atom. The second-order valence-corrected chi connectivity index (χ2v) is 9.49. The van der Waals surface area contributed by atoms with E-state index < -0.39 is 124 Å². The van der Waals surface area contributed by atoms with E-state index in [4.69, 9.17) is 18.9 Å². The van der Waals surface area contributed by atoms with Crippen LogP contribution in [-0.2, 0) is 18.9 Å². The Labute approximate surface area is 249 Å². The summed E-state index contributed by atoms with van der Waals surface area (Å²) >= 11 is 0. The molecule has 0 aliphatic carbocycles. The molecule has 0 saturated carbocycles. The minimum absolute atomic E-state index is 0.462. The number of hydrogen-bond donors (Lipinski definition) is 11. The number of ether oxygens (including phenoxy) is 4. The number of benzene rings is 3. The first-order valence-electron chi connectivity index (χ1n) is 12.4. The maximum absolute atomic E-state index is 12.9. The van der Waals surface area contributed by atoms with Crippen molar-refractivity contribution >= 4 is 17.9 Å². The van der Waals surface area contributed by atoms with Gasteiger partial charge in [0, 0.05) is 0 Å². The Morgan fingerprint density at radius 2 is 0.911 bits per heavy atom. The fourth-order valence-electron chi connectivity index (χ4n) is 4.04. The third-order valence-corrected chi connectivity index (χ3v) is 6.41. The monoisotopic (exact) mass is 636 g/mol. The van der Waals surface area contributed by atoms with Crippen LogP contribution in [0.5, 0.6) is 51.7 Å². The number of carbonyl (C=O) groups excluding carboxylic acids is 3. The molecule has 0 spiro atoms. The van der Waals surface area contributed by atoms with Crippen LogP contribution in [0.15, 0.2) is 36.4 Å². The zero-order valence-corrected chi connectivity index (χ0v) is 22.3. The third-order valence-electron chi connectivity index (χ3n) is 6.41. The number of esters is 3. The van der Waals surface area contributed by atoms with Crippen molar-refractivity contribution in [3.05, 3.63) is 53.1 Å². The zero-order chi connectivity index (χ0) is 33.3. The van der Waals surface area contributed by atoms with Crippen molar-refractivity contribution in [3.63, 3.8) is 0 Å². The number of aliphatic hydroxyl groups excluding tert-OH is 2. The highest BCUT2D eigenvalue weighted by Crippen LogP contribution is 2.38. The molecule has 1 saturated heterocycles. The van der Waals surface area contributed by atoms with Gasteiger partial charge in [0.15, 0.2) is 57.8 Å². The first-order chi connectivity index (χ1) is 21.1. The fourth-order valence-corrected chi connectivity index (χ4v) is 4.04. The van der Waals surface area contributed by atoms with Gasteiger partial charge in [-0.15, -0.1) is 0 Å². The van der Waals surface area contributed by atoms with E-state index in [-0.39, 0.29) is 0 Å². The van der Waals surface area contributed by atoms with E-state index in [1.807, 2.05) is 0 Å². The van der Waals surface area contributed by atoms with Gasteiger partial charge in [0.25, 0.3) is 0 Å². The number of aromatic hydroxyl groups is 9. The summed E-state index contributed by atoms with van der Waals surface area (Å²) in [6, 6.07) is 4.19. The summed E-state index contributed by atoms with van der Waals surface area (Å²) in [6.07, 6.45) is -10.1. The summed E-state index contributed by atoms with van der Waals surface area (Å²) in [6.45, 7) is -0.894. The van der Waals surface area contributed by atoms with Crippen molar-refractivity contribution in [2.75, 3.05) is 6.61 Å². The number of phenolic OH excluding ortho intramolecular Hbond substituents is 9. The maximum Gasteiger partial charge on any atom is 0.340 e. The van der Waals surface area contributed by atoms with Crippen molar-refractivity contribution in [1.82, 2.24) is 0 Å². The lowest BCUT2D eigenvalue weighted by molar-refractivity contribution is -0.284. The molecule has 1 heterocycles. The minimum Gasteiger partial charge on any atom is -0.504 e. The summed E-state index contributed by atoms with van der Waals surface area (Å²) in [5.41, 5.74) is -1.63. The van der Waals surface area contributed by atoms with Crippen molar-refractivity contribution in [1.29, 1.82) is 0 Å². The molecule has 0 radical (unpaired) electrons. The topological polar surface area (TPSA) is 311 Å². The second kappa shape index (κ2) is 12.4. The molecule has 1 fully saturated rings. The summed E-state index contributed by atoms with van der Waals surface area (Å²) in [4.78, 5) is 38.1. The number of carbonyl (C=O) groups is 3. The van der Waals surface area contributed by atoms with Crippen LogP contribution in [0.1, 0.15) is 31.1 Å². The van der Waals surface area contributed by atoms with Crippen molar-refractivity contribution < 1.29 is 89.5 Å². The van der Waals surface area contributed by atoms with Crippen LogP contribution in [0.4, 0.5) is 0 Å². The van der Waals surface area contributed by atoms with Gasteiger partial charge in [-0.3, -0.25) is 0 Å². The van der Waals surface area contributed by atoms with Gasteiger partial charge in [-0.2, -0.15) is 0 Å². The minimum atomic E-state index is -2.16. The Hall–Kier alpha value is -5.85. The smallest absolute Gasteiger partial charge is 0.340 e. The van der Waals surface area contributed by atoms with Gasteiger partial charge in [-0.1, -0.05) is 0 Å². The van der Waals surface area contributed by atoms with Crippen molar-refractivity contribution in [2.45, 2.75) is 30.7 Å². The SMILES string of the molecule is O=C(OC[C@H]1OC(OC(=O)c2cc(O)c(O)c(O)c2)[C@H](OC(=O)c2cc(O)c(O)c(O)c2)[C@@H](O)[C@@H]1O)c1cc(O)c(O)c(O)c1. The Kier molecular flexibility index (Phi) is 8.84. The van der Waals surface area contributed by atoms with Crippen molar-refractivity contribution in [3.8, 4) is 51.7 Å². The quantitative estimate of drug-likeness (QED) is 0.0902. The molecule has 3 aromatic rings. The van der Waals surface area contributed by atoms with Gasteiger partial charge in [0.1, 0.15) is 24.9 Å². The third kappa shape index (κ3) is 6.56. The number of phenols is 9. The summed E-state index contributed by atoms with van der Waals surface area (Å²) in [7, 11) is 0.